The fourth-order valence-electron chi connectivity index (χ4n) is 2.61. The van der Waals surface area contributed by atoms with Crippen molar-refractivity contribution in [2.45, 2.75) is 26.9 Å². The van der Waals surface area contributed by atoms with Gasteiger partial charge < -0.3 is 10.4 Å². The van der Waals surface area contributed by atoms with Gasteiger partial charge in [0, 0.05) is 23.2 Å². The Bertz CT molecular complexity index is 823. The second-order valence-corrected chi connectivity index (χ2v) is 6.17. The molecule has 2 N–H and O–H groups in total. The predicted octanol–water partition coefficient (Wildman–Crippen LogP) is 4.31. The smallest absolute Gasteiger partial charge is 0.0732 e. The van der Waals surface area contributed by atoms with Crippen molar-refractivity contribution in [2.24, 2.45) is 0 Å². The van der Waals surface area contributed by atoms with E-state index in [4.69, 9.17) is 4.98 Å². The fraction of sp³-hybridized carbons (Fsp3) is 0.250. The quantitative estimate of drug-likeness (QED) is 0.755. The number of aryl methyl sites for hydroxylation is 2. The number of hydrogen-bond donors (Lipinski definition) is 2. The predicted molar refractivity (Wildman–Crippen MR) is 96.8 cm³/mol. The maximum Gasteiger partial charge on any atom is 0.0732 e. The van der Waals surface area contributed by atoms with Crippen LogP contribution in [0.15, 0.2) is 48.5 Å². The standard InChI is InChI=1S/C20H22N2O/c1-13-4-7-16(8-5-13)18-11-19(21-12-15(3)23)17-9-6-14(2)10-20(17)22-18/h4-11,15,23H,12H2,1-3H3,(H,21,22)/t15-/m0/s1. The largest absolute Gasteiger partial charge is 0.392 e. The van der Waals surface area contributed by atoms with Crippen molar-refractivity contribution in [1.29, 1.82) is 0 Å². The zero-order valence-electron chi connectivity index (χ0n) is 13.8. The average molecular weight is 306 g/mol. The summed E-state index contributed by atoms with van der Waals surface area (Å²) in [5.41, 5.74) is 6.43. The highest BCUT2D eigenvalue weighted by atomic mass is 16.3. The molecule has 0 fully saturated rings. The van der Waals surface area contributed by atoms with Crippen LogP contribution in [0.2, 0.25) is 0 Å². The van der Waals surface area contributed by atoms with E-state index in [9.17, 15) is 5.11 Å². The summed E-state index contributed by atoms with van der Waals surface area (Å²) >= 11 is 0. The third kappa shape index (κ3) is 3.51. The molecule has 1 heterocycles. The fourth-order valence-corrected chi connectivity index (χ4v) is 2.61. The molecule has 0 aliphatic heterocycles. The van der Waals surface area contributed by atoms with Crippen LogP contribution >= 0.6 is 0 Å². The van der Waals surface area contributed by atoms with Gasteiger partial charge in [0.1, 0.15) is 0 Å². The van der Waals surface area contributed by atoms with Crippen molar-refractivity contribution >= 4 is 16.6 Å². The van der Waals surface area contributed by atoms with Gasteiger partial charge in [-0.3, -0.25) is 0 Å². The lowest BCUT2D eigenvalue weighted by atomic mass is 10.1. The number of fused-ring (bicyclic) bond motifs is 1. The highest BCUT2D eigenvalue weighted by molar-refractivity contribution is 5.94. The van der Waals surface area contributed by atoms with Crippen LogP contribution in [0.25, 0.3) is 22.2 Å². The zero-order valence-corrected chi connectivity index (χ0v) is 13.8. The monoisotopic (exact) mass is 306 g/mol. The Morgan fingerprint density at radius 3 is 2.39 bits per heavy atom. The van der Waals surface area contributed by atoms with Gasteiger partial charge >= 0.3 is 0 Å². The van der Waals surface area contributed by atoms with Gasteiger partial charge in [-0.05, 0) is 38.5 Å². The Morgan fingerprint density at radius 1 is 1.00 bits per heavy atom. The third-order valence-corrected chi connectivity index (χ3v) is 3.90. The van der Waals surface area contributed by atoms with Crippen LogP contribution in [-0.2, 0) is 0 Å². The molecule has 118 valence electrons. The minimum Gasteiger partial charge on any atom is -0.392 e. The molecule has 1 aromatic heterocycles. The molecule has 0 unspecified atom stereocenters. The third-order valence-electron chi connectivity index (χ3n) is 3.90. The van der Waals surface area contributed by atoms with E-state index >= 15 is 0 Å². The van der Waals surface area contributed by atoms with Crippen molar-refractivity contribution in [3.63, 3.8) is 0 Å². The van der Waals surface area contributed by atoms with E-state index in [1.807, 2.05) is 0 Å². The van der Waals surface area contributed by atoms with Crippen LogP contribution < -0.4 is 5.32 Å². The van der Waals surface area contributed by atoms with Gasteiger partial charge in [-0.1, -0.05) is 42.0 Å². The molecule has 2 aromatic carbocycles. The summed E-state index contributed by atoms with van der Waals surface area (Å²) in [6, 6.07) is 16.7. The summed E-state index contributed by atoms with van der Waals surface area (Å²) < 4.78 is 0. The Morgan fingerprint density at radius 2 is 1.70 bits per heavy atom. The summed E-state index contributed by atoms with van der Waals surface area (Å²) in [6.45, 7) is 6.45. The molecule has 0 saturated heterocycles. The van der Waals surface area contributed by atoms with Crippen LogP contribution in [0, 0.1) is 13.8 Å². The number of nitrogens with zero attached hydrogens (tertiary/aromatic N) is 1. The SMILES string of the molecule is Cc1ccc(-c2cc(NC[C@H](C)O)c3ccc(C)cc3n2)cc1. The summed E-state index contributed by atoms with van der Waals surface area (Å²) in [7, 11) is 0. The molecule has 3 rings (SSSR count). The van der Waals surface area contributed by atoms with E-state index in [1.165, 1.54) is 11.1 Å². The molecule has 0 bridgehead atoms. The van der Waals surface area contributed by atoms with Crippen LogP contribution in [0.1, 0.15) is 18.1 Å². The molecule has 3 nitrogen and oxygen atoms in total. The maximum absolute atomic E-state index is 9.57. The van der Waals surface area contributed by atoms with Crippen LogP contribution in [-0.4, -0.2) is 22.7 Å². The van der Waals surface area contributed by atoms with E-state index in [2.05, 4.69) is 67.7 Å². The maximum atomic E-state index is 9.57. The van der Waals surface area contributed by atoms with Crippen molar-refractivity contribution in [3.8, 4) is 11.3 Å². The number of aliphatic hydroxyl groups is 1. The minimum atomic E-state index is -0.397. The molecule has 3 aromatic rings. The molecular formula is C20H22N2O. The van der Waals surface area contributed by atoms with E-state index in [-0.39, 0.29) is 0 Å². The second-order valence-electron chi connectivity index (χ2n) is 6.17. The number of aromatic nitrogens is 1. The first-order valence-electron chi connectivity index (χ1n) is 7.93. The van der Waals surface area contributed by atoms with E-state index < -0.39 is 6.10 Å². The first-order valence-corrected chi connectivity index (χ1v) is 7.93. The molecule has 0 amide bonds. The van der Waals surface area contributed by atoms with Crippen LogP contribution in [0.5, 0.6) is 0 Å². The molecule has 23 heavy (non-hydrogen) atoms. The van der Waals surface area contributed by atoms with E-state index in [0.717, 1.165) is 27.8 Å². The zero-order chi connectivity index (χ0) is 16.4. The number of pyridine rings is 1. The van der Waals surface area contributed by atoms with E-state index in [1.54, 1.807) is 6.92 Å². The van der Waals surface area contributed by atoms with Crippen LogP contribution in [0.4, 0.5) is 5.69 Å². The molecule has 0 radical (unpaired) electrons. The number of aliphatic hydroxyl groups excluding tert-OH is 1. The number of benzene rings is 2. The van der Waals surface area contributed by atoms with Crippen molar-refractivity contribution in [3.05, 3.63) is 59.7 Å². The first-order chi connectivity index (χ1) is 11.0. The molecule has 0 aliphatic rings. The van der Waals surface area contributed by atoms with Gasteiger partial charge in [0.15, 0.2) is 0 Å². The minimum absolute atomic E-state index is 0.397. The highest BCUT2D eigenvalue weighted by Gasteiger charge is 2.08. The lowest BCUT2D eigenvalue weighted by molar-refractivity contribution is 0.208. The van der Waals surface area contributed by atoms with Crippen molar-refractivity contribution in [2.75, 3.05) is 11.9 Å². The van der Waals surface area contributed by atoms with Gasteiger partial charge in [0.05, 0.1) is 17.3 Å². The highest BCUT2D eigenvalue weighted by Crippen LogP contribution is 2.29. The van der Waals surface area contributed by atoms with E-state index in [0.29, 0.717) is 6.54 Å². The molecule has 1 atom stereocenters. The number of hydrogen-bond acceptors (Lipinski definition) is 3. The van der Waals surface area contributed by atoms with Gasteiger partial charge in [0.2, 0.25) is 0 Å². The van der Waals surface area contributed by atoms with Gasteiger partial charge in [-0.15, -0.1) is 0 Å². The lowest BCUT2D eigenvalue weighted by Crippen LogP contribution is -2.15. The lowest BCUT2D eigenvalue weighted by Gasteiger charge is -2.14. The van der Waals surface area contributed by atoms with Gasteiger partial charge in [0.25, 0.3) is 0 Å². The summed E-state index contributed by atoms with van der Waals surface area (Å²) in [6.07, 6.45) is -0.397. The molecule has 3 heteroatoms. The molecule has 0 aliphatic carbocycles. The topological polar surface area (TPSA) is 45.1 Å². The normalized spacial score (nSPS) is 12.3. The molecule has 0 saturated carbocycles. The Kier molecular flexibility index (Phi) is 4.30. The summed E-state index contributed by atoms with van der Waals surface area (Å²) in [4.78, 5) is 4.82. The Hall–Kier alpha value is -2.39. The van der Waals surface area contributed by atoms with Gasteiger partial charge in [-0.2, -0.15) is 0 Å². The van der Waals surface area contributed by atoms with Crippen molar-refractivity contribution in [1.82, 2.24) is 4.98 Å². The molecular weight excluding hydrogens is 284 g/mol. The van der Waals surface area contributed by atoms with Crippen LogP contribution in [0.3, 0.4) is 0 Å². The Balaban J connectivity index is 2.12. The number of rotatable bonds is 4. The van der Waals surface area contributed by atoms with Crippen molar-refractivity contribution < 1.29 is 5.11 Å². The number of anilines is 1. The average Bonchev–Trinajstić information content (AvgIpc) is 2.52. The summed E-state index contributed by atoms with van der Waals surface area (Å²) in [5.74, 6) is 0. The van der Waals surface area contributed by atoms with Gasteiger partial charge in [-0.25, -0.2) is 4.98 Å². The molecule has 0 spiro atoms. The first kappa shape index (κ1) is 15.5. The second kappa shape index (κ2) is 6.39. The summed E-state index contributed by atoms with van der Waals surface area (Å²) in [5, 5.41) is 14.0. The Labute approximate surface area is 137 Å². The number of nitrogens with one attached hydrogen (secondary N) is 1.